The minimum Gasteiger partial charge on any atom is -0.309 e. The van der Waals surface area contributed by atoms with Gasteiger partial charge < -0.3 is 4.90 Å². The van der Waals surface area contributed by atoms with E-state index in [0.717, 1.165) is 39.9 Å². The van der Waals surface area contributed by atoms with Crippen molar-refractivity contribution in [3.8, 4) is 0 Å². The molecule has 8 heteroatoms. The molecule has 0 fully saturated rings. The van der Waals surface area contributed by atoms with Crippen molar-refractivity contribution in [3.63, 3.8) is 0 Å². The summed E-state index contributed by atoms with van der Waals surface area (Å²) in [5.74, 6) is -0.435. The summed E-state index contributed by atoms with van der Waals surface area (Å²) >= 11 is 1.48. The van der Waals surface area contributed by atoms with Crippen LogP contribution in [-0.4, -0.2) is 57.1 Å². The molecule has 172 valence electrons. The largest absolute Gasteiger partial charge is 0.309 e. The monoisotopic (exact) mass is 473 g/mol. The molecule has 2 aromatic carbocycles. The number of fused-ring (bicyclic) bond motifs is 1. The SMILES string of the molecule is Cc1ccc(S(=O)(=O)CCC(=O)N(CCCN(C)C)c2nc3c(C)c(C)ccc3s2)cc1. The van der Waals surface area contributed by atoms with Gasteiger partial charge in [-0.15, -0.1) is 0 Å². The van der Waals surface area contributed by atoms with Crippen LogP contribution in [0.25, 0.3) is 10.2 Å². The molecule has 0 aliphatic carbocycles. The summed E-state index contributed by atoms with van der Waals surface area (Å²) in [6, 6.07) is 10.8. The molecule has 0 spiro atoms. The number of aryl methyl sites for hydroxylation is 3. The van der Waals surface area contributed by atoms with Crippen molar-refractivity contribution in [2.75, 3.05) is 37.8 Å². The number of carbonyl (C=O) groups excluding carboxylic acids is 1. The number of hydrogen-bond donors (Lipinski definition) is 0. The van der Waals surface area contributed by atoms with E-state index in [1.807, 2.05) is 40.9 Å². The lowest BCUT2D eigenvalue weighted by molar-refractivity contribution is -0.118. The van der Waals surface area contributed by atoms with Crippen molar-refractivity contribution in [2.45, 2.75) is 38.5 Å². The second kappa shape index (κ2) is 10.1. The smallest absolute Gasteiger partial charge is 0.229 e. The Bertz CT molecular complexity index is 1200. The zero-order chi connectivity index (χ0) is 23.5. The van der Waals surface area contributed by atoms with E-state index in [-0.39, 0.29) is 23.0 Å². The van der Waals surface area contributed by atoms with Gasteiger partial charge in [0.25, 0.3) is 0 Å². The molecule has 1 amide bonds. The zero-order valence-electron chi connectivity index (χ0n) is 19.4. The first-order valence-electron chi connectivity index (χ1n) is 10.7. The third kappa shape index (κ3) is 5.74. The first-order chi connectivity index (χ1) is 15.1. The molecule has 6 nitrogen and oxygen atoms in total. The van der Waals surface area contributed by atoms with Crippen molar-refractivity contribution in [1.82, 2.24) is 9.88 Å². The predicted octanol–water partition coefficient (Wildman–Crippen LogP) is 4.37. The summed E-state index contributed by atoms with van der Waals surface area (Å²) in [5, 5.41) is 0.630. The molecule has 0 atom stereocenters. The second-order valence-electron chi connectivity index (χ2n) is 8.43. The standard InChI is InChI=1S/C24H31N3O3S2/c1-17-7-10-20(11-8-17)32(29,30)16-13-22(28)27(15-6-14-26(4)5)24-25-23-19(3)18(2)9-12-21(23)31-24/h7-12H,6,13-16H2,1-5H3. The maximum Gasteiger partial charge on any atom is 0.229 e. The highest BCUT2D eigenvalue weighted by atomic mass is 32.2. The van der Waals surface area contributed by atoms with Crippen LogP contribution in [0.2, 0.25) is 0 Å². The number of nitrogens with zero attached hydrogens (tertiary/aromatic N) is 3. The lowest BCUT2D eigenvalue weighted by Crippen LogP contribution is -2.34. The van der Waals surface area contributed by atoms with Gasteiger partial charge in [0.1, 0.15) is 0 Å². The number of rotatable bonds is 9. The van der Waals surface area contributed by atoms with Gasteiger partial charge in [0.2, 0.25) is 5.91 Å². The Morgan fingerprint density at radius 1 is 1.00 bits per heavy atom. The molecule has 0 aliphatic heterocycles. The van der Waals surface area contributed by atoms with E-state index in [9.17, 15) is 13.2 Å². The molecule has 0 radical (unpaired) electrons. The molecule has 1 heterocycles. The van der Waals surface area contributed by atoms with Gasteiger partial charge in [0.05, 0.1) is 20.9 Å². The van der Waals surface area contributed by atoms with Crippen molar-refractivity contribution in [1.29, 1.82) is 0 Å². The molecule has 0 N–H and O–H groups in total. The van der Waals surface area contributed by atoms with E-state index in [1.165, 1.54) is 11.3 Å². The Hall–Kier alpha value is -2.29. The Kier molecular flexibility index (Phi) is 7.69. The molecular weight excluding hydrogens is 442 g/mol. The van der Waals surface area contributed by atoms with Gasteiger partial charge in [-0.1, -0.05) is 35.1 Å². The van der Waals surface area contributed by atoms with Crippen LogP contribution in [0, 0.1) is 20.8 Å². The van der Waals surface area contributed by atoms with Crippen molar-refractivity contribution in [2.24, 2.45) is 0 Å². The van der Waals surface area contributed by atoms with Crippen LogP contribution in [-0.2, 0) is 14.6 Å². The van der Waals surface area contributed by atoms with Crippen LogP contribution < -0.4 is 4.90 Å². The van der Waals surface area contributed by atoms with Crippen LogP contribution in [0.4, 0.5) is 5.13 Å². The average molecular weight is 474 g/mol. The zero-order valence-corrected chi connectivity index (χ0v) is 21.0. The highest BCUT2D eigenvalue weighted by Gasteiger charge is 2.23. The molecular formula is C24H31N3O3S2. The van der Waals surface area contributed by atoms with Gasteiger partial charge in [-0.25, -0.2) is 13.4 Å². The summed E-state index contributed by atoms with van der Waals surface area (Å²) in [7, 11) is 0.449. The first-order valence-corrected chi connectivity index (χ1v) is 13.2. The number of aromatic nitrogens is 1. The van der Waals surface area contributed by atoms with Gasteiger partial charge >= 0.3 is 0 Å². The van der Waals surface area contributed by atoms with Gasteiger partial charge in [0, 0.05) is 13.0 Å². The van der Waals surface area contributed by atoms with Crippen LogP contribution in [0.15, 0.2) is 41.3 Å². The molecule has 0 saturated carbocycles. The Balaban J connectivity index is 1.82. The van der Waals surface area contributed by atoms with Crippen molar-refractivity contribution in [3.05, 3.63) is 53.1 Å². The minimum absolute atomic E-state index is 0.0773. The maximum absolute atomic E-state index is 13.2. The van der Waals surface area contributed by atoms with Crippen molar-refractivity contribution >= 4 is 42.4 Å². The van der Waals surface area contributed by atoms with Gasteiger partial charge in [-0.2, -0.15) is 0 Å². The fraction of sp³-hybridized carbons (Fsp3) is 0.417. The van der Waals surface area contributed by atoms with E-state index in [2.05, 4.69) is 11.0 Å². The van der Waals surface area contributed by atoms with E-state index in [0.29, 0.717) is 11.7 Å². The fourth-order valence-corrected chi connectivity index (χ4v) is 5.72. The molecule has 0 saturated heterocycles. The van der Waals surface area contributed by atoms with E-state index < -0.39 is 9.84 Å². The van der Waals surface area contributed by atoms with Gasteiger partial charge in [-0.3, -0.25) is 9.69 Å². The molecule has 0 aliphatic rings. The quantitative estimate of drug-likeness (QED) is 0.462. The molecule has 0 unspecified atom stereocenters. The van der Waals surface area contributed by atoms with E-state index >= 15 is 0 Å². The molecule has 0 bridgehead atoms. The Labute approximate surface area is 194 Å². The predicted molar refractivity (Wildman–Crippen MR) is 132 cm³/mol. The first kappa shape index (κ1) is 24.4. The van der Waals surface area contributed by atoms with Crippen LogP contribution >= 0.6 is 11.3 Å². The second-order valence-corrected chi connectivity index (χ2v) is 11.6. The third-order valence-corrected chi connectivity index (χ3v) is 8.33. The lowest BCUT2D eigenvalue weighted by atomic mass is 10.1. The van der Waals surface area contributed by atoms with Crippen LogP contribution in [0.3, 0.4) is 0 Å². The summed E-state index contributed by atoms with van der Waals surface area (Å²) in [6.45, 7) is 7.32. The van der Waals surface area contributed by atoms with E-state index in [4.69, 9.17) is 4.98 Å². The highest BCUT2D eigenvalue weighted by Crippen LogP contribution is 2.32. The molecule has 1 aromatic heterocycles. The molecule has 3 aromatic rings. The Morgan fingerprint density at radius 2 is 1.69 bits per heavy atom. The number of hydrogen-bond acceptors (Lipinski definition) is 6. The Morgan fingerprint density at radius 3 is 2.34 bits per heavy atom. The third-order valence-electron chi connectivity index (χ3n) is 5.56. The van der Waals surface area contributed by atoms with Crippen molar-refractivity contribution < 1.29 is 13.2 Å². The van der Waals surface area contributed by atoms with E-state index in [1.54, 1.807) is 29.2 Å². The summed E-state index contributed by atoms with van der Waals surface area (Å²) in [6.07, 6.45) is 0.698. The summed E-state index contributed by atoms with van der Waals surface area (Å²) in [5.41, 5.74) is 4.16. The number of benzene rings is 2. The number of anilines is 1. The van der Waals surface area contributed by atoms with Gasteiger partial charge in [-0.05, 0) is 77.2 Å². The minimum atomic E-state index is -3.53. The van der Waals surface area contributed by atoms with Crippen LogP contribution in [0.1, 0.15) is 29.5 Å². The lowest BCUT2D eigenvalue weighted by Gasteiger charge is -2.21. The number of thiazole rings is 1. The number of carbonyl (C=O) groups is 1. The van der Waals surface area contributed by atoms with Crippen LogP contribution in [0.5, 0.6) is 0 Å². The molecule has 3 rings (SSSR count). The number of amides is 1. The number of sulfone groups is 1. The highest BCUT2D eigenvalue weighted by molar-refractivity contribution is 7.91. The summed E-state index contributed by atoms with van der Waals surface area (Å²) in [4.78, 5) is 21.9. The normalized spacial score (nSPS) is 11.9. The van der Waals surface area contributed by atoms with Gasteiger partial charge in [0.15, 0.2) is 15.0 Å². The molecule has 32 heavy (non-hydrogen) atoms. The summed E-state index contributed by atoms with van der Waals surface area (Å²) < 4.78 is 26.5. The maximum atomic E-state index is 13.2. The fourth-order valence-electron chi connectivity index (χ4n) is 3.42. The topological polar surface area (TPSA) is 70.6 Å². The average Bonchev–Trinajstić information content (AvgIpc) is 3.17.